The first-order valence-electron chi connectivity index (χ1n) is 2.97. The zero-order chi connectivity index (χ0) is 9.78. The van der Waals surface area contributed by atoms with Gasteiger partial charge in [-0.25, -0.2) is 0 Å². The molecule has 0 aliphatic rings. The number of allylic oxidation sites excluding steroid dienone is 2. The molecule has 0 bridgehead atoms. The molecule has 0 radical (unpaired) electrons. The van der Waals surface area contributed by atoms with E-state index in [0.717, 1.165) is 6.92 Å². The summed E-state index contributed by atoms with van der Waals surface area (Å²) in [6, 6.07) is 2.73. The van der Waals surface area contributed by atoms with E-state index in [4.69, 9.17) is 10.5 Å². The van der Waals surface area contributed by atoms with E-state index >= 15 is 0 Å². The van der Waals surface area contributed by atoms with E-state index in [9.17, 15) is 13.2 Å². The van der Waals surface area contributed by atoms with Crippen LogP contribution in [0.5, 0.6) is 0 Å². The molecule has 0 saturated carbocycles. The molecule has 0 amide bonds. The van der Waals surface area contributed by atoms with Crippen LogP contribution in [0.25, 0.3) is 0 Å². The Morgan fingerprint density at radius 3 is 2.08 bits per heavy atom. The van der Waals surface area contributed by atoms with Crippen LogP contribution < -0.4 is 0 Å². The topological polar surface area (TPSA) is 47.6 Å². The molecule has 0 aromatic heterocycles. The standard InChI is InChI=1S/C7H5F3N2/c1-5(4-12)6(2-3-11)7(8,9)10/h2H2,1H3/b6-5+. The minimum atomic E-state index is -4.57. The summed E-state index contributed by atoms with van der Waals surface area (Å²) >= 11 is 0. The van der Waals surface area contributed by atoms with Gasteiger partial charge in [0.1, 0.15) is 0 Å². The van der Waals surface area contributed by atoms with Gasteiger partial charge in [-0.05, 0) is 6.92 Å². The highest BCUT2D eigenvalue weighted by Crippen LogP contribution is 2.30. The third-order valence-corrected chi connectivity index (χ3v) is 1.22. The van der Waals surface area contributed by atoms with Gasteiger partial charge in [0.2, 0.25) is 0 Å². The monoisotopic (exact) mass is 174 g/mol. The van der Waals surface area contributed by atoms with Crippen LogP contribution in [-0.2, 0) is 0 Å². The fraction of sp³-hybridized carbons (Fsp3) is 0.429. The van der Waals surface area contributed by atoms with Crippen molar-refractivity contribution in [3.8, 4) is 12.1 Å². The Balaban J connectivity index is 4.98. The van der Waals surface area contributed by atoms with Crippen LogP contribution in [-0.4, -0.2) is 6.18 Å². The lowest BCUT2D eigenvalue weighted by atomic mass is 10.1. The van der Waals surface area contributed by atoms with Gasteiger partial charge in [-0.2, -0.15) is 23.7 Å². The number of hydrogen-bond donors (Lipinski definition) is 0. The Bertz CT molecular complexity index is 274. The molecule has 0 rings (SSSR count). The van der Waals surface area contributed by atoms with E-state index in [-0.39, 0.29) is 0 Å². The minimum Gasteiger partial charge on any atom is -0.198 e. The van der Waals surface area contributed by atoms with Gasteiger partial charge in [-0.15, -0.1) is 0 Å². The van der Waals surface area contributed by atoms with Crippen molar-refractivity contribution in [3.63, 3.8) is 0 Å². The molecule has 0 saturated heterocycles. The van der Waals surface area contributed by atoms with E-state index in [0.29, 0.717) is 0 Å². The normalized spacial score (nSPS) is 12.8. The molecule has 0 aliphatic carbocycles. The molecule has 2 nitrogen and oxygen atoms in total. The Kier molecular flexibility index (Phi) is 3.30. The van der Waals surface area contributed by atoms with Gasteiger partial charge in [0.25, 0.3) is 0 Å². The number of hydrogen-bond acceptors (Lipinski definition) is 2. The molecule has 0 aromatic carbocycles. The molecule has 0 fully saturated rings. The summed E-state index contributed by atoms with van der Waals surface area (Å²) in [6.45, 7) is 1.04. The van der Waals surface area contributed by atoms with Crippen molar-refractivity contribution in [1.82, 2.24) is 0 Å². The molecule has 0 N–H and O–H groups in total. The van der Waals surface area contributed by atoms with Crippen LogP contribution in [0.4, 0.5) is 13.2 Å². The highest BCUT2D eigenvalue weighted by molar-refractivity contribution is 5.30. The van der Waals surface area contributed by atoms with E-state index in [2.05, 4.69) is 0 Å². The predicted molar refractivity (Wildman–Crippen MR) is 34.6 cm³/mol. The molecule has 0 atom stereocenters. The maximum atomic E-state index is 12.0. The SMILES string of the molecule is C/C(C#N)=C(/CC#N)C(F)(F)F. The number of nitrogens with zero attached hydrogens (tertiary/aromatic N) is 2. The van der Waals surface area contributed by atoms with Gasteiger partial charge in [0.15, 0.2) is 0 Å². The molecule has 12 heavy (non-hydrogen) atoms. The second-order valence-corrected chi connectivity index (χ2v) is 2.05. The van der Waals surface area contributed by atoms with Crippen LogP contribution in [0.3, 0.4) is 0 Å². The Morgan fingerprint density at radius 2 is 1.83 bits per heavy atom. The molecule has 5 heteroatoms. The molecule has 0 unspecified atom stereocenters. The third-order valence-electron chi connectivity index (χ3n) is 1.22. The van der Waals surface area contributed by atoms with Gasteiger partial charge in [0.05, 0.1) is 24.1 Å². The average Bonchev–Trinajstić information content (AvgIpc) is 1.96. The van der Waals surface area contributed by atoms with Crippen molar-refractivity contribution >= 4 is 0 Å². The summed E-state index contributed by atoms with van der Waals surface area (Å²) in [5.74, 6) is 0. The van der Waals surface area contributed by atoms with Gasteiger partial charge in [0, 0.05) is 5.57 Å². The van der Waals surface area contributed by atoms with Crippen LogP contribution in [0.2, 0.25) is 0 Å². The molecule has 0 aliphatic heterocycles. The number of alkyl halides is 3. The van der Waals surface area contributed by atoms with Crippen molar-refractivity contribution in [1.29, 1.82) is 10.5 Å². The zero-order valence-corrected chi connectivity index (χ0v) is 6.24. The maximum absolute atomic E-state index is 12.0. The summed E-state index contributed by atoms with van der Waals surface area (Å²) in [5, 5.41) is 16.2. The highest BCUT2D eigenvalue weighted by Gasteiger charge is 2.34. The number of halogens is 3. The summed E-state index contributed by atoms with van der Waals surface area (Å²) in [7, 11) is 0. The van der Waals surface area contributed by atoms with Crippen molar-refractivity contribution in [2.45, 2.75) is 19.5 Å². The smallest absolute Gasteiger partial charge is 0.198 e. The lowest BCUT2D eigenvalue weighted by molar-refractivity contribution is -0.0933. The second-order valence-electron chi connectivity index (χ2n) is 2.05. The molecule has 0 aromatic rings. The van der Waals surface area contributed by atoms with E-state index in [1.807, 2.05) is 0 Å². The molecular formula is C7H5F3N2. The fourth-order valence-corrected chi connectivity index (χ4v) is 0.592. The van der Waals surface area contributed by atoms with Gasteiger partial charge >= 0.3 is 6.18 Å². The second kappa shape index (κ2) is 3.77. The van der Waals surface area contributed by atoms with Crippen molar-refractivity contribution in [2.75, 3.05) is 0 Å². The lowest BCUT2D eigenvalue weighted by Crippen LogP contribution is -2.13. The van der Waals surface area contributed by atoms with Gasteiger partial charge in [-0.1, -0.05) is 0 Å². The summed E-state index contributed by atoms with van der Waals surface area (Å²) in [5.41, 5.74) is -1.52. The lowest BCUT2D eigenvalue weighted by Gasteiger charge is -2.08. The average molecular weight is 174 g/mol. The zero-order valence-electron chi connectivity index (χ0n) is 6.24. The van der Waals surface area contributed by atoms with Crippen LogP contribution in [0.15, 0.2) is 11.1 Å². The summed E-state index contributed by atoms with van der Waals surface area (Å²) in [4.78, 5) is 0. The van der Waals surface area contributed by atoms with E-state index in [1.165, 1.54) is 12.1 Å². The number of nitriles is 2. The Labute approximate surface area is 67.5 Å². The van der Waals surface area contributed by atoms with E-state index < -0.39 is 23.7 Å². The number of rotatable bonds is 1. The Morgan fingerprint density at radius 1 is 1.33 bits per heavy atom. The molecule has 64 valence electrons. The summed E-state index contributed by atoms with van der Waals surface area (Å²) in [6.07, 6.45) is -5.35. The first kappa shape index (κ1) is 10.5. The predicted octanol–water partition coefficient (Wildman–Crippen LogP) is 2.30. The van der Waals surface area contributed by atoms with Gasteiger partial charge < -0.3 is 0 Å². The first-order chi connectivity index (χ1) is 5.43. The maximum Gasteiger partial charge on any atom is 0.414 e. The van der Waals surface area contributed by atoms with E-state index in [1.54, 1.807) is 0 Å². The minimum absolute atomic E-state index is 0.455. The van der Waals surface area contributed by atoms with Crippen molar-refractivity contribution in [2.24, 2.45) is 0 Å². The quantitative estimate of drug-likeness (QED) is 0.572. The molecular weight excluding hydrogens is 169 g/mol. The van der Waals surface area contributed by atoms with Crippen molar-refractivity contribution in [3.05, 3.63) is 11.1 Å². The first-order valence-corrected chi connectivity index (χ1v) is 2.97. The third kappa shape index (κ3) is 2.63. The van der Waals surface area contributed by atoms with Crippen LogP contribution >= 0.6 is 0 Å². The molecule has 0 heterocycles. The largest absolute Gasteiger partial charge is 0.414 e. The van der Waals surface area contributed by atoms with Crippen molar-refractivity contribution < 1.29 is 13.2 Å². The summed E-state index contributed by atoms with van der Waals surface area (Å²) < 4.78 is 36.0. The van der Waals surface area contributed by atoms with Crippen LogP contribution in [0, 0.1) is 22.7 Å². The highest BCUT2D eigenvalue weighted by atomic mass is 19.4. The van der Waals surface area contributed by atoms with Gasteiger partial charge in [-0.3, -0.25) is 0 Å². The Hall–Kier alpha value is -1.49. The fourth-order valence-electron chi connectivity index (χ4n) is 0.592. The molecule has 0 spiro atoms. The van der Waals surface area contributed by atoms with Crippen LogP contribution in [0.1, 0.15) is 13.3 Å².